The van der Waals surface area contributed by atoms with E-state index in [1.165, 1.54) is 0 Å². The van der Waals surface area contributed by atoms with Crippen LogP contribution in [0.5, 0.6) is 0 Å². The molecule has 6 heteroatoms. The normalized spacial score (nSPS) is 13.8. The largest absolute Gasteiger partial charge is 0.401 e. The van der Waals surface area contributed by atoms with E-state index in [9.17, 15) is 13.2 Å². The maximum atomic E-state index is 12.0. The number of rotatable bonds is 6. The Labute approximate surface area is 116 Å². The van der Waals surface area contributed by atoms with E-state index in [1.54, 1.807) is 0 Å². The predicted octanol–water partition coefficient (Wildman–Crippen LogP) is 3.48. The summed E-state index contributed by atoms with van der Waals surface area (Å²) in [4.78, 5) is 1.99. The molecular formula is C13H18ClF3N2. The summed E-state index contributed by atoms with van der Waals surface area (Å²) in [6.07, 6.45) is -4.15. The molecule has 0 aromatic heterocycles. The minimum Gasteiger partial charge on any atom is -0.307 e. The number of nitrogens with zero attached hydrogens (tertiary/aromatic N) is 1. The molecule has 0 fully saturated rings. The fraction of sp³-hybridized carbons (Fsp3) is 0.538. The summed E-state index contributed by atoms with van der Waals surface area (Å²) in [5, 5.41) is 3.06. The molecule has 0 heterocycles. The second-order valence-electron chi connectivity index (χ2n) is 4.50. The number of likely N-dealkylation sites (N-methyl/N-ethyl adjacent to an activating group) is 1. The van der Waals surface area contributed by atoms with Crippen LogP contribution < -0.4 is 5.32 Å². The van der Waals surface area contributed by atoms with Gasteiger partial charge in [0.05, 0.1) is 6.54 Å². The van der Waals surface area contributed by atoms with E-state index in [-0.39, 0.29) is 6.04 Å². The Kier molecular flexibility index (Phi) is 6.10. The summed E-state index contributed by atoms with van der Waals surface area (Å²) >= 11 is 5.81. The summed E-state index contributed by atoms with van der Waals surface area (Å²) in [5.41, 5.74) is 1.09. The van der Waals surface area contributed by atoms with Gasteiger partial charge < -0.3 is 5.32 Å². The first kappa shape index (κ1) is 16.3. The lowest BCUT2D eigenvalue weighted by molar-refractivity contribution is -0.124. The molecule has 1 rings (SSSR count). The van der Waals surface area contributed by atoms with Crippen LogP contribution in [0.15, 0.2) is 24.3 Å². The lowest BCUT2D eigenvalue weighted by Crippen LogP contribution is -2.35. The first-order valence-corrected chi connectivity index (χ1v) is 6.40. The van der Waals surface area contributed by atoms with E-state index < -0.39 is 12.7 Å². The quantitative estimate of drug-likeness (QED) is 0.808. The molecule has 108 valence electrons. The molecule has 0 amide bonds. The molecule has 0 radical (unpaired) electrons. The van der Waals surface area contributed by atoms with Gasteiger partial charge in [-0.2, -0.15) is 13.2 Å². The van der Waals surface area contributed by atoms with Crippen LogP contribution in [0.1, 0.15) is 18.5 Å². The molecule has 0 spiro atoms. The third-order valence-corrected chi connectivity index (χ3v) is 3.23. The lowest BCUT2D eigenvalue weighted by atomic mass is 10.1. The molecular weight excluding hydrogens is 277 g/mol. The molecule has 19 heavy (non-hydrogen) atoms. The molecule has 0 aliphatic heterocycles. The number of hydrogen-bond donors (Lipinski definition) is 1. The number of hydrogen-bond acceptors (Lipinski definition) is 2. The molecule has 0 saturated carbocycles. The lowest BCUT2D eigenvalue weighted by Gasteiger charge is -2.25. The summed E-state index contributed by atoms with van der Waals surface area (Å²) in [5.74, 6) is 0. The van der Waals surface area contributed by atoms with Gasteiger partial charge in [0, 0.05) is 24.2 Å². The topological polar surface area (TPSA) is 15.3 Å². The predicted molar refractivity (Wildman–Crippen MR) is 71.4 cm³/mol. The highest BCUT2D eigenvalue weighted by Crippen LogP contribution is 2.20. The smallest absolute Gasteiger partial charge is 0.307 e. The molecule has 0 saturated heterocycles. The average molecular weight is 295 g/mol. The number of nitrogens with one attached hydrogen (secondary N) is 1. The molecule has 1 unspecified atom stereocenters. The monoisotopic (exact) mass is 294 g/mol. The van der Waals surface area contributed by atoms with Crippen molar-refractivity contribution >= 4 is 11.6 Å². The van der Waals surface area contributed by atoms with Crippen LogP contribution in [0, 0.1) is 0 Å². The fourth-order valence-electron chi connectivity index (χ4n) is 1.67. The second kappa shape index (κ2) is 7.12. The standard InChI is InChI=1S/C13H18ClF3N2/c1-10(11-3-5-12(14)6-4-11)19(2)8-7-18-9-13(15,16)17/h3-6,10,18H,7-9H2,1-2H3. The summed E-state index contributed by atoms with van der Waals surface area (Å²) in [7, 11) is 1.88. The Bertz CT molecular complexity index is 378. The van der Waals surface area contributed by atoms with Gasteiger partial charge in [0.15, 0.2) is 0 Å². The van der Waals surface area contributed by atoms with E-state index in [4.69, 9.17) is 11.6 Å². The average Bonchev–Trinajstić information content (AvgIpc) is 2.33. The minimum absolute atomic E-state index is 0.130. The molecule has 1 atom stereocenters. The van der Waals surface area contributed by atoms with Gasteiger partial charge in [-0.3, -0.25) is 4.90 Å². The van der Waals surface area contributed by atoms with Crippen molar-refractivity contribution in [1.82, 2.24) is 10.2 Å². The first-order valence-electron chi connectivity index (χ1n) is 6.03. The van der Waals surface area contributed by atoms with Crippen molar-refractivity contribution in [2.24, 2.45) is 0 Å². The van der Waals surface area contributed by atoms with Gasteiger partial charge in [-0.05, 0) is 31.7 Å². The van der Waals surface area contributed by atoms with Crippen LogP contribution in [0.3, 0.4) is 0 Å². The Morgan fingerprint density at radius 1 is 1.26 bits per heavy atom. The van der Waals surface area contributed by atoms with Crippen molar-refractivity contribution in [3.05, 3.63) is 34.9 Å². The van der Waals surface area contributed by atoms with E-state index in [2.05, 4.69) is 5.32 Å². The molecule has 1 aromatic rings. The third-order valence-electron chi connectivity index (χ3n) is 2.98. The van der Waals surface area contributed by atoms with E-state index in [0.29, 0.717) is 18.1 Å². The molecule has 2 nitrogen and oxygen atoms in total. The summed E-state index contributed by atoms with van der Waals surface area (Å²) < 4.78 is 35.9. The number of alkyl halides is 3. The van der Waals surface area contributed by atoms with Gasteiger partial charge in [-0.25, -0.2) is 0 Å². The highest BCUT2D eigenvalue weighted by atomic mass is 35.5. The van der Waals surface area contributed by atoms with Crippen molar-refractivity contribution in [2.45, 2.75) is 19.1 Å². The highest BCUT2D eigenvalue weighted by Gasteiger charge is 2.26. The highest BCUT2D eigenvalue weighted by molar-refractivity contribution is 6.30. The maximum absolute atomic E-state index is 12.0. The van der Waals surface area contributed by atoms with Crippen LogP contribution in [-0.4, -0.2) is 37.8 Å². The van der Waals surface area contributed by atoms with E-state index in [0.717, 1.165) is 5.56 Å². The molecule has 0 aliphatic rings. The Hall–Kier alpha value is -0.780. The van der Waals surface area contributed by atoms with Gasteiger partial charge in [0.2, 0.25) is 0 Å². The van der Waals surface area contributed by atoms with Crippen LogP contribution in [0.2, 0.25) is 5.02 Å². The van der Waals surface area contributed by atoms with Crippen molar-refractivity contribution in [2.75, 3.05) is 26.7 Å². The zero-order valence-corrected chi connectivity index (χ0v) is 11.7. The van der Waals surface area contributed by atoms with Crippen molar-refractivity contribution in [1.29, 1.82) is 0 Å². The van der Waals surface area contributed by atoms with Gasteiger partial charge in [0.1, 0.15) is 0 Å². The van der Waals surface area contributed by atoms with Crippen LogP contribution in [-0.2, 0) is 0 Å². The van der Waals surface area contributed by atoms with Gasteiger partial charge >= 0.3 is 6.18 Å². The van der Waals surface area contributed by atoms with Crippen LogP contribution in [0.25, 0.3) is 0 Å². The van der Waals surface area contributed by atoms with Gasteiger partial charge in [-0.15, -0.1) is 0 Å². The number of halogens is 4. The summed E-state index contributed by atoms with van der Waals surface area (Å²) in [6, 6.07) is 7.59. The third kappa shape index (κ3) is 6.27. The van der Waals surface area contributed by atoms with E-state index >= 15 is 0 Å². The minimum atomic E-state index is -4.15. The maximum Gasteiger partial charge on any atom is 0.401 e. The Morgan fingerprint density at radius 2 is 1.84 bits per heavy atom. The molecule has 0 bridgehead atoms. The van der Waals surface area contributed by atoms with Crippen LogP contribution >= 0.6 is 11.6 Å². The van der Waals surface area contributed by atoms with Crippen molar-refractivity contribution in [3.8, 4) is 0 Å². The molecule has 1 N–H and O–H groups in total. The SMILES string of the molecule is CC(c1ccc(Cl)cc1)N(C)CCNCC(F)(F)F. The summed E-state index contributed by atoms with van der Waals surface area (Å²) in [6.45, 7) is 1.90. The van der Waals surface area contributed by atoms with Crippen molar-refractivity contribution in [3.63, 3.8) is 0 Å². The Balaban J connectivity index is 2.36. The van der Waals surface area contributed by atoms with E-state index in [1.807, 2.05) is 43.1 Å². The van der Waals surface area contributed by atoms with Crippen LogP contribution in [0.4, 0.5) is 13.2 Å². The first-order chi connectivity index (χ1) is 8.79. The zero-order valence-electron chi connectivity index (χ0n) is 11.0. The van der Waals surface area contributed by atoms with Crippen molar-refractivity contribution < 1.29 is 13.2 Å². The Morgan fingerprint density at radius 3 is 2.37 bits per heavy atom. The van der Waals surface area contributed by atoms with Gasteiger partial charge in [-0.1, -0.05) is 23.7 Å². The fourth-order valence-corrected chi connectivity index (χ4v) is 1.80. The van der Waals surface area contributed by atoms with Gasteiger partial charge in [0.25, 0.3) is 0 Å². The molecule has 1 aromatic carbocycles. The molecule has 0 aliphatic carbocycles. The zero-order chi connectivity index (χ0) is 14.5. The second-order valence-corrected chi connectivity index (χ2v) is 4.94. The number of benzene rings is 1.